The lowest BCUT2D eigenvalue weighted by molar-refractivity contribution is 0.0696. The molecule has 0 aliphatic heterocycles. The van der Waals surface area contributed by atoms with Crippen molar-refractivity contribution >= 4 is 5.97 Å². The maximum absolute atomic E-state index is 10.6. The molecule has 4 heteroatoms. The molecule has 0 atom stereocenters. The Morgan fingerprint density at radius 1 is 1.57 bits per heavy atom. The van der Waals surface area contributed by atoms with E-state index in [0.29, 0.717) is 18.5 Å². The molecule has 0 amide bonds. The molecule has 0 aliphatic rings. The van der Waals surface area contributed by atoms with Crippen LogP contribution in [-0.4, -0.2) is 22.6 Å². The predicted octanol–water partition coefficient (Wildman–Crippen LogP) is 0.480. The van der Waals surface area contributed by atoms with Crippen LogP contribution in [0.4, 0.5) is 0 Å². The predicted molar refractivity (Wildman–Crippen MR) is 51.7 cm³/mol. The van der Waals surface area contributed by atoms with Crippen LogP contribution in [0.15, 0.2) is 18.5 Å². The molecular formula is C10H10N2O2. The van der Waals surface area contributed by atoms with Crippen molar-refractivity contribution in [2.45, 2.75) is 6.42 Å². The molecular weight excluding hydrogens is 180 g/mol. The monoisotopic (exact) mass is 190 g/mol. The van der Waals surface area contributed by atoms with Crippen molar-refractivity contribution < 1.29 is 9.90 Å². The molecule has 1 rings (SSSR count). The molecule has 4 nitrogen and oxygen atoms in total. The maximum Gasteiger partial charge on any atom is 0.337 e. The molecule has 0 radical (unpaired) electrons. The highest BCUT2D eigenvalue weighted by atomic mass is 16.4. The number of carbonyl (C=O) groups is 1. The zero-order valence-corrected chi connectivity index (χ0v) is 7.53. The fourth-order valence-corrected chi connectivity index (χ4v) is 0.862. The Morgan fingerprint density at radius 2 is 2.36 bits per heavy atom. The number of hydrogen-bond donors (Lipinski definition) is 2. The van der Waals surface area contributed by atoms with E-state index < -0.39 is 5.97 Å². The summed E-state index contributed by atoms with van der Waals surface area (Å²) in [6.07, 6.45) is 3.41. The Morgan fingerprint density at radius 3 is 3.00 bits per heavy atom. The number of nitrogens with two attached hydrogens (primary N) is 1. The van der Waals surface area contributed by atoms with Crippen LogP contribution in [0.25, 0.3) is 0 Å². The summed E-state index contributed by atoms with van der Waals surface area (Å²) in [5, 5.41) is 8.67. The van der Waals surface area contributed by atoms with E-state index in [2.05, 4.69) is 16.8 Å². The Hall–Kier alpha value is -1.86. The van der Waals surface area contributed by atoms with Crippen LogP contribution in [0.5, 0.6) is 0 Å². The van der Waals surface area contributed by atoms with Gasteiger partial charge in [0.15, 0.2) is 0 Å². The van der Waals surface area contributed by atoms with Gasteiger partial charge in [-0.1, -0.05) is 11.8 Å². The van der Waals surface area contributed by atoms with Gasteiger partial charge in [-0.15, -0.1) is 0 Å². The van der Waals surface area contributed by atoms with Crippen LogP contribution in [0, 0.1) is 11.8 Å². The van der Waals surface area contributed by atoms with Gasteiger partial charge in [0.2, 0.25) is 0 Å². The molecule has 1 heterocycles. The van der Waals surface area contributed by atoms with Crippen molar-refractivity contribution in [1.82, 2.24) is 4.98 Å². The van der Waals surface area contributed by atoms with E-state index in [1.54, 1.807) is 0 Å². The third kappa shape index (κ3) is 2.88. The summed E-state index contributed by atoms with van der Waals surface area (Å²) in [6, 6.07) is 1.48. The molecule has 0 fully saturated rings. The summed E-state index contributed by atoms with van der Waals surface area (Å²) in [7, 11) is 0. The first kappa shape index (κ1) is 10.2. The zero-order valence-electron chi connectivity index (χ0n) is 7.53. The molecule has 3 N–H and O–H groups in total. The average Bonchev–Trinajstić information content (AvgIpc) is 2.19. The number of nitrogens with zero attached hydrogens (tertiary/aromatic N) is 1. The number of pyridine rings is 1. The molecule has 1 aromatic rings. The zero-order chi connectivity index (χ0) is 10.4. The molecule has 0 bridgehead atoms. The lowest BCUT2D eigenvalue weighted by atomic mass is 10.2. The van der Waals surface area contributed by atoms with Gasteiger partial charge in [0, 0.05) is 30.9 Å². The van der Waals surface area contributed by atoms with Crippen molar-refractivity contribution in [2.75, 3.05) is 6.54 Å². The molecule has 0 saturated carbocycles. The lowest BCUT2D eigenvalue weighted by Gasteiger charge is -1.93. The summed E-state index contributed by atoms with van der Waals surface area (Å²) in [4.78, 5) is 14.3. The van der Waals surface area contributed by atoms with Crippen LogP contribution >= 0.6 is 0 Å². The molecule has 72 valence electrons. The van der Waals surface area contributed by atoms with E-state index in [4.69, 9.17) is 10.8 Å². The Labute approximate surface area is 81.8 Å². The minimum Gasteiger partial charge on any atom is -0.478 e. The van der Waals surface area contributed by atoms with E-state index >= 15 is 0 Å². The lowest BCUT2D eigenvalue weighted by Crippen LogP contribution is -1.97. The van der Waals surface area contributed by atoms with Gasteiger partial charge in [0.25, 0.3) is 0 Å². The number of hydrogen-bond acceptors (Lipinski definition) is 3. The highest BCUT2D eigenvalue weighted by Crippen LogP contribution is 2.00. The summed E-state index contributed by atoms with van der Waals surface area (Å²) in [5.41, 5.74) is 6.00. The standard InChI is InChI=1S/C10H10N2O2/c11-4-2-1-3-8-5-9(10(13)14)7-12-6-8/h5-7H,2,4,11H2,(H,13,14). The van der Waals surface area contributed by atoms with E-state index in [1.165, 1.54) is 18.5 Å². The van der Waals surface area contributed by atoms with Gasteiger partial charge in [-0.3, -0.25) is 4.98 Å². The van der Waals surface area contributed by atoms with Crippen LogP contribution in [0.3, 0.4) is 0 Å². The Balaban J connectivity index is 2.85. The van der Waals surface area contributed by atoms with E-state index in [9.17, 15) is 4.79 Å². The topological polar surface area (TPSA) is 76.2 Å². The minimum absolute atomic E-state index is 0.143. The summed E-state index contributed by atoms with van der Waals surface area (Å²) < 4.78 is 0. The van der Waals surface area contributed by atoms with Gasteiger partial charge >= 0.3 is 5.97 Å². The highest BCUT2D eigenvalue weighted by Gasteiger charge is 2.01. The van der Waals surface area contributed by atoms with Crippen molar-refractivity contribution in [2.24, 2.45) is 5.73 Å². The molecule has 0 aliphatic carbocycles. The number of aromatic carboxylic acids is 1. The largest absolute Gasteiger partial charge is 0.478 e. The van der Waals surface area contributed by atoms with Crippen molar-refractivity contribution in [3.05, 3.63) is 29.6 Å². The summed E-state index contributed by atoms with van der Waals surface area (Å²) in [5.74, 6) is 4.59. The number of carboxylic acids is 1. The van der Waals surface area contributed by atoms with Gasteiger partial charge in [0.05, 0.1) is 5.56 Å². The second kappa shape index (κ2) is 5.00. The molecule has 0 spiro atoms. The maximum atomic E-state index is 10.6. The molecule has 14 heavy (non-hydrogen) atoms. The summed E-state index contributed by atoms with van der Waals surface area (Å²) in [6.45, 7) is 0.499. The third-order valence-corrected chi connectivity index (χ3v) is 1.49. The molecule has 0 saturated heterocycles. The molecule has 0 unspecified atom stereocenters. The normalized spacial score (nSPS) is 8.93. The second-order valence-corrected chi connectivity index (χ2v) is 2.61. The number of carboxylic acid groups (broad SMARTS) is 1. The first-order chi connectivity index (χ1) is 6.74. The van der Waals surface area contributed by atoms with Crippen LogP contribution in [0.2, 0.25) is 0 Å². The van der Waals surface area contributed by atoms with Gasteiger partial charge in [-0.25, -0.2) is 4.79 Å². The summed E-state index contributed by atoms with van der Waals surface area (Å²) >= 11 is 0. The first-order valence-electron chi connectivity index (χ1n) is 4.11. The Kier molecular flexibility index (Phi) is 3.65. The van der Waals surface area contributed by atoms with Crippen molar-refractivity contribution in [3.8, 4) is 11.8 Å². The van der Waals surface area contributed by atoms with Gasteiger partial charge < -0.3 is 10.8 Å². The van der Waals surface area contributed by atoms with Crippen molar-refractivity contribution in [1.29, 1.82) is 0 Å². The first-order valence-corrected chi connectivity index (χ1v) is 4.11. The fraction of sp³-hybridized carbons (Fsp3) is 0.200. The van der Waals surface area contributed by atoms with Gasteiger partial charge in [0.1, 0.15) is 0 Å². The Bertz CT molecular complexity index is 391. The second-order valence-electron chi connectivity index (χ2n) is 2.61. The molecule has 1 aromatic heterocycles. The van der Waals surface area contributed by atoms with Gasteiger partial charge in [-0.05, 0) is 6.07 Å². The quantitative estimate of drug-likeness (QED) is 0.665. The number of rotatable bonds is 2. The van der Waals surface area contributed by atoms with Crippen LogP contribution in [-0.2, 0) is 0 Å². The van der Waals surface area contributed by atoms with E-state index in [1.807, 2.05) is 0 Å². The average molecular weight is 190 g/mol. The third-order valence-electron chi connectivity index (χ3n) is 1.49. The van der Waals surface area contributed by atoms with Gasteiger partial charge in [-0.2, -0.15) is 0 Å². The van der Waals surface area contributed by atoms with Crippen molar-refractivity contribution in [3.63, 3.8) is 0 Å². The van der Waals surface area contributed by atoms with Crippen LogP contribution < -0.4 is 5.73 Å². The molecule has 0 aromatic carbocycles. The minimum atomic E-state index is -1.00. The van der Waals surface area contributed by atoms with E-state index in [-0.39, 0.29) is 5.56 Å². The highest BCUT2D eigenvalue weighted by molar-refractivity contribution is 5.87. The number of aromatic nitrogens is 1. The van der Waals surface area contributed by atoms with E-state index in [0.717, 1.165) is 0 Å². The smallest absolute Gasteiger partial charge is 0.337 e. The van der Waals surface area contributed by atoms with Crippen LogP contribution in [0.1, 0.15) is 22.3 Å². The SMILES string of the molecule is NCCC#Cc1cncc(C(=O)O)c1. The fourth-order valence-electron chi connectivity index (χ4n) is 0.862.